The molecule has 1 aliphatic rings. The first-order valence-corrected chi connectivity index (χ1v) is 13.7. The minimum Gasteiger partial charge on any atom is -0.463 e. The summed E-state index contributed by atoms with van der Waals surface area (Å²) in [6, 6.07) is 0. The Hall–Kier alpha value is -2.24. The number of rotatable bonds is 18. The Labute approximate surface area is 226 Å². The van der Waals surface area contributed by atoms with Gasteiger partial charge in [-0.2, -0.15) is 0 Å². The van der Waals surface area contributed by atoms with Crippen molar-refractivity contribution in [2.75, 3.05) is 32.8 Å². The summed E-state index contributed by atoms with van der Waals surface area (Å²) < 4.78 is 33.3. The fraction of sp³-hybridized carbons (Fsp3) is 0.852. The van der Waals surface area contributed by atoms with Crippen LogP contribution in [0.2, 0.25) is 0 Å². The lowest BCUT2D eigenvalue weighted by Crippen LogP contribution is -2.63. The van der Waals surface area contributed by atoms with Crippen molar-refractivity contribution >= 4 is 23.9 Å². The van der Waals surface area contributed by atoms with E-state index in [1.807, 2.05) is 0 Å². The topological polar surface area (TPSA) is 127 Å². The molecule has 0 radical (unpaired) electrons. The Morgan fingerprint density at radius 2 is 1.21 bits per heavy atom. The van der Waals surface area contributed by atoms with Gasteiger partial charge in [0.15, 0.2) is 24.6 Å². The van der Waals surface area contributed by atoms with Crippen LogP contribution < -0.4 is 0 Å². The van der Waals surface area contributed by atoms with Gasteiger partial charge in [-0.15, -0.1) is 0 Å². The lowest BCUT2D eigenvalue weighted by molar-refractivity contribution is -0.308. The summed E-state index contributed by atoms with van der Waals surface area (Å²) in [6.45, 7) is 12.1. The first-order valence-electron chi connectivity index (χ1n) is 13.7. The largest absolute Gasteiger partial charge is 0.463 e. The van der Waals surface area contributed by atoms with Gasteiger partial charge in [-0.3, -0.25) is 19.2 Å². The molecule has 38 heavy (non-hydrogen) atoms. The third kappa shape index (κ3) is 13.5. The van der Waals surface area contributed by atoms with Crippen LogP contribution >= 0.6 is 0 Å². The molecule has 1 aliphatic heterocycles. The lowest BCUT2D eigenvalue weighted by atomic mass is 9.98. The molecular weight excluding hydrogens is 498 g/mol. The predicted molar refractivity (Wildman–Crippen MR) is 138 cm³/mol. The summed E-state index contributed by atoms with van der Waals surface area (Å²) in [4.78, 5) is 49.6. The van der Waals surface area contributed by atoms with Gasteiger partial charge in [-0.25, -0.2) is 0 Å². The Morgan fingerprint density at radius 3 is 1.79 bits per heavy atom. The van der Waals surface area contributed by atoms with Crippen molar-refractivity contribution in [1.29, 1.82) is 0 Å². The molecule has 1 heterocycles. The molecular formula is C27H47NO10. The van der Waals surface area contributed by atoms with E-state index in [1.165, 1.54) is 47.0 Å². The second kappa shape index (κ2) is 18.9. The standard InChI is InChI=1S/C27H47NO10/c1-7-9-11-12-15-28(14-10-8-2)16-13-17-33-27-26(37-22(6)32)25(36-21(5)31)24(35-20(4)30)23(38-27)18-34-19(3)29/h23-27H,7-18H2,1-6H3. The van der Waals surface area contributed by atoms with E-state index in [2.05, 4.69) is 18.7 Å². The van der Waals surface area contributed by atoms with Crippen LogP contribution in [0.15, 0.2) is 0 Å². The molecule has 5 unspecified atom stereocenters. The molecule has 0 amide bonds. The summed E-state index contributed by atoms with van der Waals surface area (Å²) in [7, 11) is 0. The van der Waals surface area contributed by atoms with E-state index in [-0.39, 0.29) is 13.2 Å². The third-order valence-corrected chi connectivity index (χ3v) is 6.00. The Kier molecular flexibility index (Phi) is 16.8. The van der Waals surface area contributed by atoms with E-state index in [1.54, 1.807) is 0 Å². The lowest BCUT2D eigenvalue weighted by Gasteiger charge is -2.44. The van der Waals surface area contributed by atoms with Crippen LogP contribution in [-0.4, -0.2) is 92.3 Å². The van der Waals surface area contributed by atoms with E-state index >= 15 is 0 Å². The number of esters is 4. The second-order valence-electron chi connectivity index (χ2n) is 9.55. The highest BCUT2D eigenvalue weighted by molar-refractivity contribution is 5.68. The average molecular weight is 546 g/mol. The average Bonchev–Trinajstić information content (AvgIpc) is 2.83. The Morgan fingerprint density at radius 1 is 0.658 bits per heavy atom. The number of hydrogen-bond acceptors (Lipinski definition) is 11. The molecule has 5 atom stereocenters. The second-order valence-corrected chi connectivity index (χ2v) is 9.55. The molecule has 0 spiro atoms. The van der Waals surface area contributed by atoms with E-state index in [0.29, 0.717) is 6.42 Å². The van der Waals surface area contributed by atoms with E-state index in [9.17, 15) is 19.2 Å². The zero-order chi connectivity index (χ0) is 28.5. The molecule has 1 rings (SSSR count). The highest BCUT2D eigenvalue weighted by atomic mass is 16.7. The monoisotopic (exact) mass is 545 g/mol. The van der Waals surface area contributed by atoms with Gasteiger partial charge < -0.3 is 33.3 Å². The van der Waals surface area contributed by atoms with Gasteiger partial charge in [0.2, 0.25) is 0 Å². The summed E-state index contributed by atoms with van der Waals surface area (Å²) in [5, 5.41) is 0. The molecule has 0 aromatic rings. The zero-order valence-electron chi connectivity index (χ0n) is 23.9. The van der Waals surface area contributed by atoms with Crippen molar-refractivity contribution in [2.45, 2.75) is 117 Å². The SMILES string of the molecule is CCCCCCN(CCCC)CCCOC1OC(COC(C)=O)C(OC(C)=O)C(OC(C)=O)C1OC(C)=O. The van der Waals surface area contributed by atoms with Crippen LogP contribution in [0, 0.1) is 0 Å². The Bertz CT molecular complexity index is 731. The summed E-state index contributed by atoms with van der Waals surface area (Å²) in [5.41, 5.74) is 0. The minimum atomic E-state index is -1.22. The molecule has 1 fully saturated rings. The van der Waals surface area contributed by atoms with E-state index < -0.39 is 54.6 Å². The number of unbranched alkanes of at least 4 members (excludes halogenated alkanes) is 4. The first-order chi connectivity index (χ1) is 18.1. The van der Waals surface area contributed by atoms with Crippen LogP contribution in [-0.2, 0) is 47.6 Å². The normalized spacial score (nSPS) is 23.1. The number of nitrogens with zero attached hydrogens (tertiary/aromatic N) is 1. The number of carbonyl (C=O) groups is 4. The van der Waals surface area contributed by atoms with Gasteiger partial charge in [0.05, 0.1) is 6.61 Å². The smallest absolute Gasteiger partial charge is 0.303 e. The third-order valence-electron chi connectivity index (χ3n) is 6.00. The van der Waals surface area contributed by atoms with Crippen LogP contribution in [0.3, 0.4) is 0 Å². The predicted octanol–water partition coefficient (Wildman–Crippen LogP) is 3.16. The van der Waals surface area contributed by atoms with Crippen molar-refractivity contribution in [3.8, 4) is 0 Å². The molecule has 1 saturated heterocycles. The maximum atomic E-state index is 11.9. The number of carbonyl (C=O) groups excluding carboxylic acids is 4. The Balaban J connectivity index is 2.98. The molecule has 11 nitrogen and oxygen atoms in total. The van der Waals surface area contributed by atoms with Crippen molar-refractivity contribution in [2.24, 2.45) is 0 Å². The summed E-state index contributed by atoms with van der Waals surface area (Å²) in [5.74, 6) is -2.56. The van der Waals surface area contributed by atoms with Crippen LogP contribution in [0.1, 0.15) is 86.5 Å². The van der Waals surface area contributed by atoms with Crippen molar-refractivity contribution in [3.05, 3.63) is 0 Å². The molecule has 0 aromatic heterocycles. The van der Waals surface area contributed by atoms with Gasteiger partial charge >= 0.3 is 23.9 Å². The minimum absolute atomic E-state index is 0.278. The number of ether oxygens (including phenoxy) is 6. The zero-order valence-corrected chi connectivity index (χ0v) is 23.9. The quantitative estimate of drug-likeness (QED) is 0.143. The van der Waals surface area contributed by atoms with Gasteiger partial charge in [0.1, 0.15) is 12.7 Å². The molecule has 0 N–H and O–H groups in total. The molecule has 0 saturated carbocycles. The number of hydrogen-bond donors (Lipinski definition) is 0. The fourth-order valence-corrected chi connectivity index (χ4v) is 4.29. The van der Waals surface area contributed by atoms with Crippen LogP contribution in [0.5, 0.6) is 0 Å². The molecule has 11 heteroatoms. The van der Waals surface area contributed by atoms with E-state index in [4.69, 9.17) is 28.4 Å². The van der Waals surface area contributed by atoms with Crippen molar-refractivity contribution in [3.63, 3.8) is 0 Å². The molecule has 220 valence electrons. The molecule has 0 bridgehead atoms. The van der Waals surface area contributed by atoms with Gasteiger partial charge in [0, 0.05) is 34.2 Å². The van der Waals surface area contributed by atoms with Crippen LogP contribution in [0.4, 0.5) is 0 Å². The summed E-state index contributed by atoms with van der Waals surface area (Å²) >= 11 is 0. The van der Waals surface area contributed by atoms with Crippen LogP contribution in [0.25, 0.3) is 0 Å². The van der Waals surface area contributed by atoms with Gasteiger partial charge in [-0.1, -0.05) is 39.5 Å². The fourth-order valence-electron chi connectivity index (χ4n) is 4.29. The van der Waals surface area contributed by atoms with Crippen molar-refractivity contribution < 1.29 is 47.6 Å². The van der Waals surface area contributed by atoms with Gasteiger partial charge in [-0.05, 0) is 32.4 Å². The highest BCUT2D eigenvalue weighted by Crippen LogP contribution is 2.30. The maximum absolute atomic E-state index is 11.9. The maximum Gasteiger partial charge on any atom is 0.303 e. The van der Waals surface area contributed by atoms with Gasteiger partial charge in [0.25, 0.3) is 0 Å². The van der Waals surface area contributed by atoms with E-state index in [0.717, 1.165) is 38.9 Å². The van der Waals surface area contributed by atoms with Crippen molar-refractivity contribution in [1.82, 2.24) is 4.90 Å². The summed E-state index contributed by atoms with van der Waals surface area (Å²) in [6.07, 6.45) is 1.97. The first kappa shape index (κ1) is 33.8. The highest BCUT2D eigenvalue weighted by Gasteiger charge is 2.52. The molecule has 0 aliphatic carbocycles. The molecule has 0 aromatic carbocycles.